The normalized spacial score (nSPS) is 9.95. The molecule has 2 aromatic carbocycles. The third-order valence-corrected chi connectivity index (χ3v) is 2.81. The third-order valence-electron chi connectivity index (χ3n) is 2.81. The molecule has 0 bridgehead atoms. The van der Waals surface area contributed by atoms with Crippen molar-refractivity contribution >= 4 is 6.29 Å². The van der Waals surface area contributed by atoms with Crippen LogP contribution in [0.3, 0.4) is 0 Å². The van der Waals surface area contributed by atoms with Gasteiger partial charge in [-0.3, -0.25) is 0 Å². The average molecular weight is 256 g/mol. The Labute approximate surface area is 112 Å². The minimum Gasteiger partial charge on any atom is -0.497 e. The van der Waals surface area contributed by atoms with Crippen LogP contribution in [-0.4, -0.2) is 13.4 Å². The molecule has 2 aromatic rings. The molecule has 0 unspecified atom stereocenters. The van der Waals surface area contributed by atoms with Gasteiger partial charge in [-0.1, -0.05) is 30.3 Å². The van der Waals surface area contributed by atoms with Crippen molar-refractivity contribution in [2.45, 2.75) is 13.0 Å². The number of hydrogen-bond acceptors (Lipinski definition) is 3. The molecule has 98 valence electrons. The molecule has 0 saturated heterocycles. The van der Waals surface area contributed by atoms with Crippen molar-refractivity contribution in [1.29, 1.82) is 0 Å². The third kappa shape index (κ3) is 3.58. The van der Waals surface area contributed by atoms with Crippen LogP contribution in [0.2, 0.25) is 0 Å². The van der Waals surface area contributed by atoms with Gasteiger partial charge in [-0.15, -0.1) is 0 Å². The van der Waals surface area contributed by atoms with E-state index in [1.807, 2.05) is 48.5 Å². The number of ether oxygens (including phenoxy) is 2. The molecule has 0 aliphatic rings. The minimum absolute atomic E-state index is 0.321. The van der Waals surface area contributed by atoms with Crippen LogP contribution >= 0.6 is 0 Å². The Morgan fingerprint density at radius 2 is 1.89 bits per heavy atom. The van der Waals surface area contributed by atoms with Crippen LogP contribution in [0.4, 0.5) is 0 Å². The maximum Gasteiger partial charge on any atom is 0.124 e. The summed E-state index contributed by atoms with van der Waals surface area (Å²) in [7, 11) is 1.60. The van der Waals surface area contributed by atoms with E-state index in [4.69, 9.17) is 9.47 Å². The van der Waals surface area contributed by atoms with E-state index < -0.39 is 0 Å². The molecular weight excluding hydrogens is 240 g/mol. The maximum atomic E-state index is 10.7. The van der Waals surface area contributed by atoms with Gasteiger partial charge in [-0.2, -0.15) is 0 Å². The van der Waals surface area contributed by atoms with E-state index in [0.717, 1.165) is 28.9 Å². The first-order valence-corrected chi connectivity index (χ1v) is 6.10. The largest absolute Gasteiger partial charge is 0.497 e. The fourth-order valence-electron chi connectivity index (χ4n) is 1.81. The Bertz CT molecular complexity index is 535. The number of carbonyl (C=O) groups excluding carboxylic acids is 1. The molecule has 0 atom stereocenters. The molecule has 2 rings (SSSR count). The van der Waals surface area contributed by atoms with Crippen LogP contribution in [0.1, 0.15) is 11.1 Å². The Kier molecular flexibility index (Phi) is 4.56. The van der Waals surface area contributed by atoms with E-state index in [2.05, 4.69) is 0 Å². The molecule has 0 aromatic heterocycles. The molecule has 0 fully saturated rings. The number of aldehydes is 1. The molecule has 0 aliphatic heterocycles. The van der Waals surface area contributed by atoms with Gasteiger partial charge in [0.2, 0.25) is 0 Å². The van der Waals surface area contributed by atoms with Gasteiger partial charge in [0, 0.05) is 12.0 Å². The van der Waals surface area contributed by atoms with Gasteiger partial charge in [0.15, 0.2) is 0 Å². The van der Waals surface area contributed by atoms with E-state index in [-0.39, 0.29) is 0 Å². The van der Waals surface area contributed by atoms with Crippen LogP contribution in [0.25, 0.3) is 0 Å². The fourth-order valence-corrected chi connectivity index (χ4v) is 1.81. The van der Waals surface area contributed by atoms with Gasteiger partial charge in [-0.05, 0) is 23.8 Å². The predicted molar refractivity (Wildman–Crippen MR) is 73.5 cm³/mol. The zero-order chi connectivity index (χ0) is 13.5. The van der Waals surface area contributed by atoms with E-state index in [0.29, 0.717) is 13.0 Å². The number of hydrogen-bond donors (Lipinski definition) is 0. The first-order valence-electron chi connectivity index (χ1n) is 6.10. The zero-order valence-electron chi connectivity index (χ0n) is 10.8. The van der Waals surface area contributed by atoms with Gasteiger partial charge >= 0.3 is 0 Å². The zero-order valence-corrected chi connectivity index (χ0v) is 10.8. The van der Waals surface area contributed by atoms with Gasteiger partial charge in [0.05, 0.1) is 7.11 Å². The van der Waals surface area contributed by atoms with E-state index in [1.165, 1.54) is 0 Å². The van der Waals surface area contributed by atoms with Gasteiger partial charge in [-0.25, -0.2) is 0 Å². The first-order chi connectivity index (χ1) is 9.33. The first kappa shape index (κ1) is 13.1. The van der Waals surface area contributed by atoms with Crippen LogP contribution in [0.5, 0.6) is 11.5 Å². The second-order valence-electron chi connectivity index (χ2n) is 4.12. The quantitative estimate of drug-likeness (QED) is 0.745. The molecule has 0 aliphatic carbocycles. The lowest BCUT2D eigenvalue weighted by Crippen LogP contribution is -1.99. The lowest BCUT2D eigenvalue weighted by molar-refractivity contribution is -0.107. The van der Waals surface area contributed by atoms with E-state index in [1.54, 1.807) is 7.11 Å². The van der Waals surface area contributed by atoms with Crippen molar-refractivity contribution in [2.75, 3.05) is 7.11 Å². The summed E-state index contributed by atoms with van der Waals surface area (Å²) in [6.45, 7) is 0.485. The highest BCUT2D eigenvalue weighted by molar-refractivity contribution is 5.58. The van der Waals surface area contributed by atoms with Crippen LogP contribution < -0.4 is 9.47 Å². The summed E-state index contributed by atoms with van der Waals surface area (Å²) in [5.74, 6) is 1.45. The van der Waals surface area contributed by atoms with Crippen LogP contribution in [0.15, 0.2) is 48.5 Å². The summed E-state index contributed by atoms with van der Waals surface area (Å²) in [6.07, 6.45) is 1.19. The second-order valence-corrected chi connectivity index (χ2v) is 4.12. The molecule has 0 saturated carbocycles. The summed E-state index contributed by atoms with van der Waals surface area (Å²) in [5, 5.41) is 0. The lowest BCUT2D eigenvalue weighted by atomic mass is 10.1. The Morgan fingerprint density at radius 3 is 2.58 bits per heavy atom. The summed E-state index contributed by atoms with van der Waals surface area (Å²) in [6, 6.07) is 15.4. The molecular formula is C16H16O3. The fraction of sp³-hybridized carbons (Fsp3) is 0.188. The van der Waals surface area contributed by atoms with Crippen molar-refractivity contribution in [3.63, 3.8) is 0 Å². The molecule has 0 N–H and O–H groups in total. The van der Waals surface area contributed by atoms with Gasteiger partial charge < -0.3 is 14.3 Å². The highest BCUT2D eigenvalue weighted by Crippen LogP contribution is 2.25. The summed E-state index contributed by atoms with van der Waals surface area (Å²) >= 11 is 0. The minimum atomic E-state index is 0.321. The summed E-state index contributed by atoms with van der Waals surface area (Å²) < 4.78 is 10.9. The average Bonchev–Trinajstić information content (AvgIpc) is 2.47. The molecule has 3 heteroatoms. The second kappa shape index (κ2) is 6.59. The Hall–Kier alpha value is -2.29. The summed E-state index contributed by atoms with van der Waals surface area (Å²) in [4.78, 5) is 10.7. The number of carbonyl (C=O) groups is 1. The Morgan fingerprint density at radius 1 is 1.11 bits per heavy atom. The number of methoxy groups -OCH3 is 1. The van der Waals surface area contributed by atoms with Crippen LogP contribution in [-0.2, 0) is 17.8 Å². The van der Waals surface area contributed by atoms with E-state index in [9.17, 15) is 4.79 Å². The smallest absolute Gasteiger partial charge is 0.124 e. The summed E-state index contributed by atoms with van der Waals surface area (Å²) in [5.41, 5.74) is 1.93. The highest BCUT2D eigenvalue weighted by atomic mass is 16.5. The Balaban J connectivity index is 2.12. The molecule has 0 radical (unpaired) electrons. The van der Waals surface area contributed by atoms with Gasteiger partial charge in [0.1, 0.15) is 24.4 Å². The molecule has 3 nitrogen and oxygen atoms in total. The van der Waals surface area contributed by atoms with Crippen molar-refractivity contribution in [3.8, 4) is 11.5 Å². The lowest BCUT2D eigenvalue weighted by Gasteiger charge is -2.11. The maximum absolute atomic E-state index is 10.7. The van der Waals surface area contributed by atoms with E-state index >= 15 is 0 Å². The van der Waals surface area contributed by atoms with Crippen molar-refractivity contribution in [2.24, 2.45) is 0 Å². The highest BCUT2D eigenvalue weighted by Gasteiger charge is 2.06. The molecule has 0 heterocycles. The monoisotopic (exact) mass is 256 g/mol. The van der Waals surface area contributed by atoms with Crippen molar-refractivity contribution in [3.05, 3.63) is 59.7 Å². The topological polar surface area (TPSA) is 35.5 Å². The number of benzene rings is 2. The molecule has 0 spiro atoms. The molecule has 19 heavy (non-hydrogen) atoms. The van der Waals surface area contributed by atoms with Crippen LogP contribution in [0, 0.1) is 0 Å². The number of rotatable bonds is 6. The van der Waals surface area contributed by atoms with Crippen molar-refractivity contribution in [1.82, 2.24) is 0 Å². The SMILES string of the molecule is COc1ccc(OCc2ccccc2)c(CC=O)c1. The standard InChI is InChI=1S/C16H16O3/c1-18-15-7-8-16(14(11-15)9-10-17)19-12-13-5-3-2-4-6-13/h2-8,10-11H,9,12H2,1H3. The van der Waals surface area contributed by atoms with Crippen molar-refractivity contribution < 1.29 is 14.3 Å². The molecule has 0 amide bonds. The van der Waals surface area contributed by atoms with Gasteiger partial charge in [0.25, 0.3) is 0 Å². The predicted octanol–water partition coefficient (Wildman–Crippen LogP) is 3.02.